The summed E-state index contributed by atoms with van der Waals surface area (Å²) in [4.78, 5) is 27.3. The fraction of sp³-hybridized carbons (Fsp3) is 0.231. The number of hydrogen-bond donors (Lipinski definition) is 1. The van der Waals surface area contributed by atoms with Gasteiger partial charge in [0.15, 0.2) is 23.1 Å². The molecule has 53 heavy (non-hydrogen) atoms. The van der Waals surface area contributed by atoms with Crippen LogP contribution in [0, 0.1) is 5.82 Å². The van der Waals surface area contributed by atoms with E-state index in [2.05, 4.69) is 26.6 Å². The van der Waals surface area contributed by atoms with Gasteiger partial charge in [-0.1, -0.05) is 42.3 Å². The van der Waals surface area contributed by atoms with Crippen LogP contribution in [-0.2, 0) is 4.79 Å². The molecule has 1 aliphatic rings. The predicted octanol–water partition coefficient (Wildman–Crippen LogP) is 8.89. The maximum atomic E-state index is 14.0. The molecule has 6 aromatic rings. The van der Waals surface area contributed by atoms with Crippen LogP contribution in [0.3, 0.4) is 0 Å². The van der Waals surface area contributed by atoms with Gasteiger partial charge in [0, 0.05) is 41.2 Å². The van der Waals surface area contributed by atoms with Gasteiger partial charge in [0.1, 0.15) is 0 Å². The summed E-state index contributed by atoms with van der Waals surface area (Å²) >= 11 is 10.5. The number of methoxy groups -OCH3 is 1. The number of carbonyl (C=O) groups excluding carboxylic acids is 1. The highest BCUT2D eigenvalue weighted by molar-refractivity contribution is 6.54. The molecule has 0 amide bonds. The highest BCUT2D eigenvalue weighted by Gasteiger charge is 2.13. The van der Waals surface area contributed by atoms with Crippen LogP contribution in [0.5, 0.6) is 23.1 Å². The lowest BCUT2D eigenvalue weighted by Crippen LogP contribution is -2.31. The molecule has 0 aliphatic carbocycles. The first kappa shape index (κ1) is 40.8. The van der Waals surface area contributed by atoms with Crippen molar-refractivity contribution in [1.29, 1.82) is 0 Å². The van der Waals surface area contributed by atoms with Gasteiger partial charge in [-0.05, 0) is 92.5 Å². The minimum Gasteiger partial charge on any atom is -0.493 e. The number of ether oxygens (including phenoxy) is 3. The Kier molecular flexibility index (Phi) is 15.7. The number of benzene rings is 4. The zero-order chi connectivity index (χ0) is 36.9. The Morgan fingerprint density at radius 3 is 2.40 bits per heavy atom. The Labute approximate surface area is 322 Å². The van der Waals surface area contributed by atoms with E-state index in [1.165, 1.54) is 50.7 Å². The van der Waals surface area contributed by atoms with Gasteiger partial charge in [-0.15, -0.1) is 12.4 Å². The number of likely N-dealkylation sites (tertiary alicyclic amines) is 1. The molecule has 0 saturated carbocycles. The molecule has 278 valence electrons. The fourth-order valence-corrected chi connectivity index (χ4v) is 5.95. The predicted molar refractivity (Wildman–Crippen MR) is 212 cm³/mol. The summed E-state index contributed by atoms with van der Waals surface area (Å²) in [5.74, 6) is 1.35. The molecule has 0 spiro atoms. The topological polar surface area (TPSA) is 122 Å². The van der Waals surface area contributed by atoms with E-state index in [0.717, 1.165) is 29.6 Å². The number of nitrogens with two attached hydrogens (primary N) is 1. The number of nitrogens with zero attached hydrogens (tertiary/aromatic N) is 4. The summed E-state index contributed by atoms with van der Waals surface area (Å²) in [5.41, 5.74) is 8.03. The van der Waals surface area contributed by atoms with Crippen molar-refractivity contribution in [1.82, 2.24) is 19.7 Å². The van der Waals surface area contributed by atoms with E-state index < -0.39 is 5.82 Å². The molecule has 3 heterocycles. The summed E-state index contributed by atoms with van der Waals surface area (Å²) < 4.78 is 32.9. The summed E-state index contributed by atoms with van der Waals surface area (Å²) in [6.07, 6.45) is 6.18. The summed E-state index contributed by atoms with van der Waals surface area (Å²) in [7, 11) is 1.62. The maximum absolute atomic E-state index is 14.0. The first-order chi connectivity index (χ1) is 25.3. The third kappa shape index (κ3) is 11.0. The van der Waals surface area contributed by atoms with Crippen LogP contribution in [-0.4, -0.2) is 58.8 Å². The minimum absolute atomic E-state index is 0. The number of halogens is 4. The smallest absolute Gasteiger partial charge is 0.219 e. The van der Waals surface area contributed by atoms with Crippen LogP contribution < -0.4 is 25.4 Å². The zero-order valence-electron chi connectivity index (χ0n) is 28.9. The molecular weight excluding hydrogens is 744 g/mol. The van der Waals surface area contributed by atoms with Crippen molar-refractivity contribution in [3.63, 3.8) is 0 Å². The number of piperidine rings is 1. The number of carbonyl (C=O) groups is 1. The first-order valence-electron chi connectivity index (χ1n) is 16.6. The van der Waals surface area contributed by atoms with E-state index in [0.29, 0.717) is 39.7 Å². The van der Waals surface area contributed by atoms with Crippen molar-refractivity contribution in [2.24, 2.45) is 0 Å². The van der Waals surface area contributed by atoms with Crippen molar-refractivity contribution in [2.75, 3.05) is 39.1 Å². The molecule has 0 bridgehead atoms. The standard InChI is InChI=1S/C24H28FN3O3.C14H9ClN2O.CHClO.ClH/c1-29-22-14-17-6-9-24(31-21-8-7-18(26)15-19(21)25)27-20(17)16-23(22)30-13-5-12-28-10-3-2-4-11-28;15-11-6-2-4-8-13(11)17-12-7-3-1-5-10(12)14(18)9-16-17;2-1-3;/h6-9,14-16H,2-5,10-13,26H2,1H3;1-9H;1H;1H. The summed E-state index contributed by atoms with van der Waals surface area (Å²) in [5, 5.41) is 6.26. The Morgan fingerprint density at radius 1 is 0.925 bits per heavy atom. The number of fused-ring (bicyclic) bond motifs is 2. The van der Waals surface area contributed by atoms with E-state index in [1.54, 1.807) is 36.1 Å². The van der Waals surface area contributed by atoms with Crippen molar-refractivity contribution in [3.05, 3.63) is 118 Å². The average molecular weight is 783 g/mol. The summed E-state index contributed by atoms with van der Waals surface area (Å²) in [6.45, 7) is 4.01. The molecule has 0 unspecified atom stereocenters. The maximum Gasteiger partial charge on any atom is 0.219 e. The van der Waals surface area contributed by atoms with Gasteiger partial charge in [0.25, 0.3) is 0 Å². The van der Waals surface area contributed by atoms with E-state index in [9.17, 15) is 9.18 Å². The van der Waals surface area contributed by atoms with E-state index in [-0.39, 0.29) is 35.2 Å². The van der Waals surface area contributed by atoms with Crippen molar-refractivity contribution in [3.8, 4) is 28.8 Å². The third-order valence-electron chi connectivity index (χ3n) is 8.21. The lowest BCUT2D eigenvalue weighted by Gasteiger charge is -2.26. The van der Waals surface area contributed by atoms with Crippen LogP contribution in [0.1, 0.15) is 25.7 Å². The Bertz CT molecular complexity index is 2180. The SMILES string of the molecule is COc1cc2ccc(Oc3ccc(N)cc3F)nc2cc1OCCCN1CCCCC1.Cl.O=CCl.O=c1cnn(-c2ccccc2Cl)c2ccccc12. The molecule has 1 fully saturated rings. The molecule has 10 nitrogen and oxygen atoms in total. The van der Waals surface area contributed by atoms with Gasteiger partial charge in [0.2, 0.25) is 17.1 Å². The second-order valence-electron chi connectivity index (χ2n) is 11.7. The average Bonchev–Trinajstić information content (AvgIpc) is 3.16. The number of pyridine rings is 1. The Balaban J connectivity index is 0.000000242. The normalized spacial score (nSPS) is 12.4. The first-order valence-corrected chi connectivity index (χ1v) is 17.5. The molecule has 7 rings (SSSR count). The van der Waals surface area contributed by atoms with Crippen molar-refractivity contribution < 1.29 is 23.4 Å². The van der Waals surface area contributed by atoms with E-state index in [4.69, 9.17) is 36.3 Å². The number of hydrogen-bond acceptors (Lipinski definition) is 9. The van der Waals surface area contributed by atoms with Crippen molar-refractivity contribution >= 4 is 68.8 Å². The van der Waals surface area contributed by atoms with Gasteiger partial charge < -0.3 is 24.8 Å². The number of para-hydroxylation sites is 2. The molecule has 1 saturated heterocycles. The van der Waals surface area contributed by atoms with Gasteiger partial charge in [0.05, 0.1) is 41.7 Å². The Morgan fingerprint density at radius 2 is 1.66 bits per heavy atom. The monoisotopic (exact) mass is 781 g/mol. The van der Waals surface area contributed by atoms with Crippen molar-refractivity contribution in [2.45, 2.75) is 25.7 Å². The second-order valence-corrected chi connectivity index (χ2v) is 12.3. The molecule has 2 aromatic heterocycles. The number of nitrogen functional groups attached to an aromatic ring is 1. The molecule has 1 aliphatic heterocycles. The molecular formula is C39H39Cl3FN5O5. The zero-order valence-corrected chi connectivity index (χ0v) is 31.2. The Hall–Kier alpha value is -4.94. The quantitative estimate of drug-likeness (QED) is 0.0664. The van der Waals surface area contributed by atoms with Gasteiger partial charge in [-0.25, -0.2) is 14.1 Å². The molecule has 14 heteroatoms. The van der Waals surface area contributed by atoms with Crippen LogP contribution in [0.2, 0.25) is 5.02 Å². The minimum atomic E-state index is -0.533. The van der Waals surface area contributed by atoms with Crippen LogP contribution in [0.4, 0.5) is 10.1 Å². The molecule has 0 radical (unpaired) electrons. The fourth-order valence-electron chi connectivity index (χ4n) is 5.73. The second kappa shape index (κ2) is 20.3. The van der Waals surface area contributed by atoms with Crippen LogP contribution in [0.15, 0.2) is 102 Å². The molecule has 4 aromatic carbocycles. The van der Waals surface area contributed by atoms with Crippen LogP contribution in [0.25, 0.3) is 27.5 Å². The third-order valence-corrected chi connectivity index (χ3v) is 8.53. The highest BCUT2D eigenvalue weighted by Crippen LogP contribution is 2.34. The number of aromatic nitrogens is 3. The van der Waals surface area contributed by atoms with Gasteiger partial charge >= 0.3 is 0 Å². The number of anilines is 1. The highest BCUT2D eigenvalue weighted by atomic mass is 35.5. The molecule has 2 N–H and O–H groups in total. The van der Waals surface area contributed by atoms with E-state index in [1.807, 2.05) is 54.6 Å². The van der Waals surface area contributed by atoms with Gasteiger partial charge in [-0.2, -0.15) is 5.10 Å². The lowest BCUT2D eigenvalue weighted by atomic mass is 10.1. The molecule has 0 atom stereocenters. The number of rotatable bonds is 9. The largest absolute Gasteiger partial charge is 0.493 e. The summed E-state index contributed by atoms with van der Waals surface area (Å²) in [6, 6.07) is 26.3. The van der Waals surface area contributed by atoms with E-state index >= 15 is 0 Å². The van der Waals surface area contributed by atoms with Gasteiger partial charge in [-0.3, -0.25) is 9.59 Å². The lowest BCUT2D eigenvalue weighted by molar-refractivity contribution is 0.203. The van der Waals surface area contributed by atoms with Crippen LogP contribution >= 0.6 is 35.6 Å².